The number of carbonyl (C=O) groups excluding carboxylic acids is 2. The van der Waals surface area contributed by atoms with Gasteiger partial charge in [-0.2, -0.15) is 0 Å². The molecular weight excluding hydrogens is 204 g/mol. The highest BCUT2D eigenvalue weighted by Gasteiger charge is 2.15. The zero-order valence-corrected chi connectivity index (χ0v) is 9.63. The van der Waals surface area contributed by atoms with Crippen LogP contribution in [0.25, 0.3) is 5.76 Å². The zero-order chi connectivity index (χ0) is 12.5. The van der Waals surface area contributed by atoms with Crippen LogP contribution in [0.1, 0.15) is 45.7 Å². The van der Waals surface area contributed by atoms with Crippen molar-refractivity contribution in [1.82, 2.24) is 0 Å². The Morgan fingerprint density at radius 2 is 1.50 bits per heavy atom. The second-order valence-corrected chi connectivity index (χ2v) is 3.77. The smallest absolute Gasteiger partial charge is 0.160 e. The first-order valence-corrected chi connectivity index (χ1v) is 4.89. The summed E-state index contributed by atoms with van der Waals surface area (Å²) in [4.78, 5) is 22.8. The zero-order valence-electron chi connectivity index (χ0n) is 9.63. The molecule has 0 aliphatic rings. The minimum Gasteiger partial charge on any atom is -0.508 e. The van der Waals surface area contributed by atoms with E-state index in [-0.39, 0.29) is 17.3 Å². The topological polar surface area (TPSA) is 54.4 Å². The van der Waals surface area contributed by atoms with Gasteiger partial charge in [-0.05, 0) is 38.5 Å². The maximum absolute atomic E-state index is 11.4. The van der Waals surface area contributed by atoms with Gasteiger partial charge in [0.05, 0.1) is 0 Å². The Kier molecular flexibility index (Phi) is 3.28. The van der Waals surface area contributed by atoms with Gasteiger partial charge < -0.3 is 5.11 Å². The van der Waals surface area contributed by atoms with E-state index in [1.54, 1.807) is 13.0 Å². The molecule has 16 heavy (non-hydrogen) atoms. The minimum atomic E-state index is -0.201. The Balaban J connectivity index is 3.55. The number of aliphatic hydroxyl groups is 1. The molecule has 0 amide bonds. The molecule has 0 aromatic heterocycles. The number of carbonyl (C=O) groups is 2. The van der Waals surface area contributed by atoms with E-state index in [4.69, 9.17) is 0 Å². The highest BCUT2D eigenvalue weighted by atomic mass is 16.3. The van der Waals surface area contributed by atoms with Crippen LogP contribution in [0.2, 0.25) is 0 Å². The van der Waals surface area contributed by atoms with Gasteiger partial charge in [0.15, 0.2) is 11.6 Å². The second kappa shape index (κ2) is 4.31. The van der Waals surface area contributed by atoms with Gasteiger partial charge in [0.2, 0.25) is 0 Å². The molecular formula is C13H14O3. The Morgan fingerprint density at radius 3 is 1.88 bits per heavy atom. The number of rotatable bonds is 3. The fraction of sp³-hybridized carbons (Fsp3) is 0.231. The van der Waals surface area contributed by atoms with E-state index >= 15 is 0 Å². The lowest BCUT2D eigenvalue weighted by molar-refractivity contribution is 0.0980. The Labute approximate surface area is 94.4 Å². The average molecular weight is 218 g/mol. The van der Waals surface area contributed by atoms with Crippen LogP contribution in [-0.4, -0.2) is 16.7 Å². The van der Waals surface area contributed by atoms with E-state index in [1.807, 2.05) is 0 Å². The molecule has 0 heterocycles. The van der Waals surface area contributed by atoms with Gasteiger partial charge in [-0.25, -0.2) is 0 Å². The fourth-order valence-corrected chi connectivity index (χ4v) is 1.60. The van der Waals surface area contributed by atoms with Crippen LogP contribution < -0.4 is 0 Å². The Hall–Kier alpha value is -1.90. The largest absolute Gasteiger partial charge is 0.508 e. The van der Waals surface area contributed by atoms with E-state index < -0.39 is 0 Å². The average Bonchev–Trinajstić information content (AvgIpc) is 2.15. The molecule has 1 aromatic rings. The minimum absolute atomic E-state index is 0.102. The van der Waals surface area contributed by atoms with Gasteiger partial charge in [-0.15, -0.1) is 0 Å². The van der Waals surface area contributed by atoms with E-state index in [0.717, 1.165) is 5.56 Å². The predicted molar refractivity (Wildman–Crippen MR) is 62.9 cm³/mol. The van der Waals surface area contributed by atoms with Crippen LogP contribution in [0, 0.1) is 6.92 Å². The molecule has 0 aliphatic carbocycles. The summed E-state index contributed by atoms with van der Waals surface area (Å²) in [5.41, 5.74) is 1.93. The third-order valence-corrected chi connectivity index (χ3v) is 2.43. The molecule has 1 rings (SSSR count). The van der Waals surface area contributed by atoms with Gasteiger partial charge in [0.1, 0.15) is 5.76 Å². The van der Waals surface area contributed by atoms with Crippen molar-refractivity contribution in [3.8, 4) is 0 Å². The van der Waals surface area contributed by atoms with Crippen molar-refractivity contribution in [2.45, 2.75) is 20.8 Å². The van der Waals surface area contributed by atoms with Crippen LogP contribution in [-0.2, 0) is 0 Å². The van der Waals surface area contributed by atoms with Gasteiger partial charge in [0, 0.05) is 16.7 Å². The molecule has 1 aromatic carbocycles. The second-order valence-electron chi connectivity index (χ2n) is 3.77. The summed E-state index contributed by atoms with van der Waals surface area (Å²) in [7, 11) is 0. The lowest BCUT2D eigenvalue weighted by Crippen LogP contribution is -2.06. The molecule has 0 unspecified atom stereocenters. The Morgan fingerprint density at radius 1 is 1.06 bits per heavy atom. The summed E-state index contributed by atoms with van der Waals surface area (Å²) in [6.07, 6.45) is 0. The van der Waals surface area contributed by atoms with E-state index in [1.165, 1.54) is 19.9 Å². The summed E-state index contributed by atoms with van der Waals surface area (Å²) in [5, 5.41) is 9.35. The van der Waals surface area contributed by atoms with Crippen LogP contribution in [0.5, 0.6) is 0 Å². The molecule has 0 fully saturated rings. The number of benzene rings is 1. The summed E-state index contributed by atoms with van der Waals surface area (Å²) in [6.45, 7) is 7.98. The van der Waals surface area contributed by atoms with Crippen molar-refractivity contribution in [3.05, 3.63) is 41.0 Å². The highest BCUT2D eigenvalue weighted by molar-refractivity contribution is 6.07. The van der Waals surface area contributed by atoms with E-state index in [2.05, 4.69) is 6.58 Å². The molecule has 3 heteroatoms. The van der Waals surface area contributed by atoms with Crippen molar-refractivity contribution in [2.24, 2.45) is 0 Å². The van der Waals surface area contributed by atoms with Crippen LogP contribution >= 0.6 is 0 Å². The summed E-state index contributed by atoms with van der Waals surface area (Å²) < 4.78 is 0. The number of aliphatic hydroxyl groups excluding tert-OH is 1. The molecule has 0 aliphatic heterocycles. The number of Topliss-reactive ketones (excluding diaryl/α,β-unsaturated/α-hetero) is 2. The summed E-state index contributed by atoms with van der Waals surface area (Å²) >= 11 is 0. The molecule has 0 spiro atoms. The lowest BCUT2D eigenvalue weighted by atomic mass is 9.94. The maximum atomic E-state index is 11.4. The van der Waals surface area contributed by atoms with Crippen molar-refractivity contribution in [1.29, 1.82) is 0 Å². The number of hydrogen-bond acceptors (Lipinski definition) is 3. The molecule has 0 radical (unpaired) electrons. The van der Waals surface area contributed by atoms with Crippen molar-refractivity contribution in [2.75, 3.05) is 0 Å². The molecule has 84 valence electrons. The molecule has 0 bridgehead atoms. The van der Waals surface area contributed by atoms with Crippen molar-refractivity contribution in [3.63, 3.8) is 0 Å². The van der Waals surface area contributed by atoms with E-state index in [9.17, 15) is 14.7 Å². The van der Waals surface area contributed by atoms with Gasteiger partial charge in [0.25, 0.3) is 0 Å². The summed E-state index contributed by atoms with van der Waals surface area (Å²) in [5.74, 6) is -0.466. The highest BCUT2D eigenvalue weighted by Crippen LogP contribution is 2.21. The quantitative estimate of drug-likeness (QED) is 0.626. The lowest BCUT2D eigenvalue weighted by Gasteiger charge is -2.10. The first-order chi connectivity index (χ1) is 7.34. The predicted octanol–water partition coefficient (Wildman–Crippen LogP) is 2.93. The van der Waals surface area contributed by atoms with Gasteiger partial charge in [-0.3, -0.25) is 9.59 Å². The van der Waals surface area contributed by atoms with Crippen LogP contribution in [0.3, 0.4) is 0 Å². The standard InChI is InChI=1S/C13H14O3/c1-7-5-12(9(3)15)13(10(4)16)6-11(7)8(2)14/h5-6,14H,2H2,1,3-4H3. The normalized spacial score (nSPS) is 9.94. The monoisotopic (exact) mass is 218 g/mol. The third-order valence-electron chi connectivity index (χ3n) is 2.43. The molecule has 3 nitrogen and oxygen atoms in total. The fourth-order valence-electron chi connectivity index (χ4n) is 1.60. The van der Waals surface area contributed by atoms with Crippen molar-refractivity contribution >= 4 is 17.3 Å². The molecule has 0 saturated carbocycles. The van der Waals surface area contributed by atoms with Gasteiger partial charge >= 0.3 is 0 Å². The van der Waals surface area contributed by atoms with Crippen molar-refractivity contribution < 1.29 is 14.7 Å². The number of hydrogen-bond donors (Lipinski definition) is 1. The third kappa shape index (κ3) is 2.19. The maximum Gasteiger partial charge on any atom is 0.160 e. The van der Waals surface area contributed by atoms with Crippen LogP contribution in [0.15, 0.2) is 18.7 Å². The number of aryl methyl sites for hydroxylation is 1. The SMILES string of the molecule is C=C(O)c1cc(C(C)=O)c(C(C)=O)cc1C. The summed E-state index contributed by atoms with van der Waals surface area (Å²) in [6, 6.07) is 3.12. The number of ketones is 2. The van der Waals surface area contributed by atoms with E-state index in [0.29, 0.717) is 16.7 Å². The molecule has 1 N–H and O–H groups in total. The van der Waals surface area contributed by atoms with Gasteiger partial charge in [-0.1, -0.05) is 6.58 Å². The Bertz CT molecular complexity index is 484. The first kappa shape index (κ1) is 12.2. The molecule has 0 atom stereocenters. The first-order valence-electron chi connectivity index (χ1n) is 4.89. The molecule has 0 saturated heterocycles. The van der Waals surface area contributed by atoms with Crippen LogP contribution in [0.4, 0.5) is 0 Å².